The second-order valence-electron chi connectivity index (χ2n) is 7.74. The van der Waals surface area contributed by atoms with E-state index in [0.717, 1.165) is 54.1 Å². The van der Waals surface area contributed by atoms with Crippen molar-refractivity contribution in [2.45, 2.75) is 45.3 Å². The zero-order valence-electron chi connectivity index (χ0n) is 18.2. The molecule has 1 aliphatic rings. The Hall–Kier alpha value is -3.13. The van der Waals surface area contributed by atoms with Gasteiger partial charge in [0.2, 0.25) is 0 Å². The molecule has 1 aliphatic heterocycles. The number of methoxy groups -OCH3 is 1. The molecule has 3 aromatic rings. The third kappa shape index (κ3) is 4.49. The lowest BCUT2D eigenvalue weighted by Crippen LogP contribution is -2.31. The Morgan fingerprint density at radius 2 is 2.00 bits per heavy atom. The number of hydrogen-bond acceptors (Lipinski definition) is 6. The molecular weight excluding hydrogens is 394 g/mol. The molecule has 3 heterocycles. The largest absolute Gasteiger partial charge is 0.497 e. The van der Waals surface area contributed by atoms with E-state index < -0.39 is 0 Å². The number of carbonyl (C=O) groups excluding carboxylic acids is 1. The lowest BCUT2D eigenvalue weighted by atomic mass is 10.1. The number of ether oxygens (including phenoxy) is 2. The Bertz CT molecular complexity index is 1040. The fraction of sp³-hybridized carbons (Fsp3) is 0.435. The number of anilines is 1. The molecule has 8 heteroatoms. The molecule has 1 atom stereocenters. The first-order valence-electron chi connectivity index (χ1n) is 10.7. The van der Waals surface area contributed by atoms with Crippen LogP contribution >= 0.6 is 0 Å². The van der Waals surface area contributed by atoms with Crippen LogP contribution in [0.1, 0.15) is 48.7 Å². The molecule has 8 nitrogen and oxygen atoms in total. The highest BCUT2D eigenvalue weighted by molar-refractivity contribution is 6.06. The van der Waals surface area contributed by atoms with Crippen LogP contribution in [0, 0.1) is 0 Å². The minimum Gasteiger partial charge on any atom is -0.497 e. The van der Waals surface area contributed by atoms with Crippen LogP contribution in [0.3, 0.4) is 0 Å². The zero-order valence-corrected chi connectivity index (χ0v) is 18.2. The Kier molecular flexibility index (Phi) is 6.36. The van der Waals surface area contributed by atoms with Crippen molar-refractivity contribution < 1.29 is 14.3 Å². The maximum absolute atomic E-state index is 13.3. The first-order chi connectivity index (χ1) is 15.1. The summed E-state index contributed by atoms with van der Waals surface area (Å²) in [5.41, 5.74) is 3.09. The molecular formula is C23H29N5O3. The van der Waals surface area contributed by atoms with Gasteiger partial charge in [-0.25, -0.2) is 9.67 Å². The molecule has 2 N–H and O–H groups in total. The molecule has 0 saturated carbocycles. The van der Waals surface area contributed by atoms with E-state index in [1.807, 2.05) is 42.8 Å². The number of nitrogens with one attached hydrogen (secondary N) is 2. The van der Waals surface area contributed by atoms with Crippen LogP contribution in [0.15, 0.2) is 36.7 Å². The van der Waals surface area contributed by atoms with Crippen LogP contribution in [0.25, 0.3) is 11.0 Å². The minimum absolute atomic E-state index is 0.164. The molecule has 0 aliphatic carbocycles. The number of aryl methyl sites for hydroxylation is 1. The van der Waals surface area contributed by atoms with Crippen LogP contribution < -0.4 is 15.4 Å². The van der Waals surface area contributed by atoms with Crippen LogP contribution in [0.4, 0.5) is 5.69 Å². The summed E-state index contributed by atoms with van der Waals surface area (Å²) >= 11 is 0. The molecule has 1 aromatic carbocycles. The van der Waals surface area contributed by atoms with Gasteiger partial charge in [-0.05, 0) is 44.4 Å². The van der Waals surface area contributed by atoms with Gasteiger partial charge in [0.15, 0.2) is 5.65 Å². The topological polar surface area (TPSA) is 90.3 Å². The molecule has 1 saturated heterocycles. The fourth-order valence-electron chi connectivity index (χ4n) is 3.88. The van der Waals surface area contributed by atoms with Crippen LogP contribution in [0.5, 0.6) is 5.75 Å². The number of hydrogen-bond donors (Lipinski definition) is 2. The molecule has 0 bridgehead atoms. The summed E-state index contributed by atoms with van der Waals surface area (Å²) < 4.78 is 12.5. The van der Waals surface area contributed by atoms with Crippen molar-refractivity contribution in [3.05, 3.63) is 47.8 Å². The minimum atomic E-state index is -0.170. The molecule has 2 aromatic heterocycles. The molecule has 164 valence electrons. The number of rotatable bonds is 7. The second kappa shape index (κ2) is 9.34. The summed E-state index contributed by atoms with van der Waals surface area (Å²) in [6, 6.07) is 7.78. The number of aromatic nitrogens is 3. The van der Waals surface area contributed by atoms with Crippen LogP contribution in [-0.4, -0.2) is 47.0 Å². The van der Waals surface area contributed by atoms with Crippen molar-refractivity contribution in [3.8, 4) is 5.75 Å². The monoisotopic (exact) mass is 423 g/mol. The normalized spacial score (nSPS) is 15.6. The Morgan fingerprint density at radius 1 is 1.26 bits per heavy atom. The van der Waals surface area contributed by atoms with Crippen LogP contribution in [-0.2, 0) is 11.3 Å². The van der Waals surface area contributed by atoms with Crippen molar-refractivity contribution in [1.29, 1.82) is 0 Å². The van der Waals surface area contributed by atoms with Crippen molar-refractivity contribution in [1.82, 2.24) is 20.1 Å². The van der Waals surface area contributed by atoms with Gasteiger partial charge in [0.25, 0.3) is 5.91 Å². The van der Waals surface area contributed by atoms with Gasteiger partial charge in [-0.1, -0.05) is 12.1 Å². The van der Waals surface area contributed by atoms with Gasteiger partial charge in [0.1, 0.15) is 5.75 Å². The predicted molar refractivity (Wildman–Crippen MR) is 120 cm³/mol. The van der Waals surface area contributed by atoms with E-state index in [1.165, 1.54) is 0 Å². The molecule has 1 amide bonds. The number of nitrogens with zero attached hydrogens (tertiary/aromatic N) is 3. The molecule has 0 unspecified atom stereocenters. The molecule has 0 radical (unpaired) electrons. The highest BCUT2D eigenvalue weighted by Gasteiger charge is 2.23. The van der Waals surface area contributed by atoms with Gasteiger partial charge in [0.05, 0.1) is 36.0 Å². The average Bonchev–Trinajstić information content (AvgIpc) is 3.23. The third-order valence-electron chi connectivity index (χ3n) is 5.74. The van der Waals surface area contributed by atoms with E-state index in [0.29, 0.717) is 12.1 Å². The first-order valence-corrected chi connectivity index (χ1v) is 10.7. The highest BCUT2D eigenvalue weighted by atomic mass is 16.5. The molecule has 4 rings (SSSR count). The zero-order chi connectivity index (χ0) is 21.8. The van der Waals surface area contributed by atoms with Gasteiger partial charge in [0, 0.05) is 32.0 Å². The van der Waals surface area contributed by atoms with E-state index in [-0.39, 0.29) is 18.0 Å². The standard InChI is InChI=1S/C23H29N5O3/c1-4-28-22-19(14-25-28)21(27-17-9-11-31-12-10-17)20(13-24-22)23(29)26-15(2)16-5-7-18(30-3)8-6-16/h5-8,13-15,17H,4,9-12H2,1-3H3,(H,24,27)(H,26,29)/t15-/m0/s1. The number of pyridine rings is 1. The second-order valence-corrected chi connectivity index (χ2v) is 7.74. The summed E-state index contributed by atoms with van der Waals surface area (Å²) in [6.07, 6.45) is 5.23. The maximum atomic E-state index is 13.3. The quantitative estimate of drug-likeness (QED) is 0.604. The van der Waals surface area contributed by atoms with Gasteiger partial charge in [-0.2, -0.15) is 5.10 Å². The van der Waals surface area contributed by atoms with Gasteiger partial charge < -0.3 is 20.1 Å². The third-order valence-corrected chi connectivity index (χ3v) is 5.74. The predicted octanol–water partition coefficient (Wildman–Crippen LogP) is 3.54. The van der Waals surface area contributed by atoms with E-state index in [1.54, 1.807) is 19.5 Å². The Labute approximate surface area is 181 Å². The van der Waals surface area contributed by atoms with Crippen molar-refractivity contribution in [3.63, 3.8) is 0 Å². The van der Waals surface area contributed by atoms with E-state index >= 15 is 0 Å². The lowest BCUT2D eigenvalue weighted by molar-refractivity contribution is 0.0903. The fourth-order valence-corrected chi connectivity index (χ4v) is 3.88. The van der Waals surface area contributed by atoms with Crippen molar-refractivity contribution in [2.24, 2.45) is 0 Å². The van der Waals surface area contributed by atoms with E-state index in [2.05, 4.69) is 20.7 Å². The molecule has 0 spiro atoms. The Morgan fingerprint density at radius 3 is 2.68 bits per heavy atom. The summed E-state index contributed by atoms with van der Waals surface area (Å²) in [5, 5.41) is 12.0. The first kappa shape index (κ1) is 21.1. The number of benzene rings is 1. The van der Waals surface area contributed by atoms with Crippen molar-refractivity contribution in [2.75, 3.05) is 25.6 Å². The summed E-state index contributed by atoms with van der Waals surface area (Å²) in [5.74, 6) is 0.615. The Balaban J connectivity index is 1.62. The van der Waals surface area contributed by atoms with E-state index in [9.17, 15) is 4.79 Å². The van der Waals surface area contributed by atoms with Gasteiger partial charge in [-0.15, -0.1) is 0 Å². The van der Waals surface area contributed by atoms with Crippen molar-refractivity contribution >= 4 is 22.6 Å². The molecule has 31 heavy (non-hydrogen) atoms. The number of fused-ring (bicyclic) bond motifs is 1. The number of amides is 1. The summed E-state index contributed by atoms with van der Waals surface area (Å²) in [6.45, 7) is 6.14. The van der Waals surface area contributed by atoms with Gasteiger partial charge in [-0.3, -0.25) is 4.79 Å². The smallest absolute Gasteiger partial charge is 0.255 e. The lowest BCUT2D eigenvalue weighted by Gasteiger charge is -2.26. The number of carbonyl (C=O) groups is 1. The van der Waals surface area contributed by atoms with E-state index in [4.69, 9.17) is 9.47 Å². The maximum Gasteiger partial charge on any atom is 0.255 e. The summed E-state index contributed by atoms with van der Waals surface area (Å²) in [4.78, 5) is 17.8. The van der Waals surface area contributed by atoms with Crippen LogP contribution in [0.2, 0.25) is 0 Å². The molecule has 1 fully saturated rings. The van der Waals surface area contributed by atoms with Gasteiger partial charge >= 0.3 is 0 Å². The highest BCUT2D eigenvalue weighted by Crippen LogP contribution is 2.29. The summed E-state index contributed by atoms with van der Waals surface area (Å²) in [7, 11) is 1.64. The SMILES string of the molecule is CCn1ncc2c(NC3CCOCC3)c(C(=O)N[C@@H](C)c3ccc(OC)cc3)cnc21. The average molecular weight is 424 g/mol.